The molecule has 0 spiro atoms. The molecule has 0 aliphatic heterocycles. The third-order valence-corrected chi connectivity index (χ3v) is 4.47. The molecule has 3 heteroatoms. The highest BCUT2D eigenvalue weighted by Gasteiger charge is 2.23. The van der Waals surface area contributed by atoms with Crippen molar-refractivity contribution >= 4 is 11.7 Å². The largest absolute Gasteiger partial charge is 0.481 e. The molecule has 1 aliphatic rings. The Labute approximate surface area is 121 Å². The number of anilines is 1. The summed E-state index contributed by atoms with van der Waals surface area (Å²) in [6, 6.07) is 7.76. The van der Waals surface area contributed by atoms with E-state index in [0.29, 0.717) is 0 Å². The van der Waals surface area contributed by atoms with Crippen LogP contribution in [0.1, 0.15) is 44.6 Å². The van der Waals surface area contributed by atoms with Gasteiger partial charge in [-0.25, -0.2) is 0 Å². The summed E-state index contributed by atoms with van der Waals surface area (Å²) in [6.45, 7) is 3.31. The molecule has 0 radical (unpaired) electrons. The third kappa shape index (κ3) is 4.26. The molecule has 20 heavy (non-hydrogen) atoms. The van der Waals surface area contributed by atoms with Crippen molar-refractivity contribution in [1.29, 1.82) is 0 Å². The Morgan fingerprint density at radius 3 is 2.50 bits per heavy atom. The van der Waals surface area contributed by atoms with E-state index in [2.05, 4.69) is 12.2 Å². The number of benzene rings is 1. The number of hydrogen-bond acceptors (Lipinski definition) is 2. The lowest BCUT2D eigenvalue weighted by Crippen LogP contribution is -2.20. The molecule has 0 heterocycles. The maximum atomic E-state index is 10.6. The number of carbonyl (C=O) groups is 1. The quantitative estimate of drug-likeness (QED) is 0.792. The summed E-state index contributed by atoms with van der Waals surface area (Å²) in [7, 11) is 0. The Bertz CT molecular complexity index is 421. The molecule has 1 atom stereocenters. The van der Waals surface area contributed by atoms with Crippen LogP contribution in [0.5, 0.6) is 0 Å². The van der Waals surface area contributed by atoms with Gasteiger partial charge < -0.3 is 10.4 Å². The van der Waals surface area contributed by atoms with Gasteiger partial charge in [-0.1, -0.05) is 51.2 Å². The maximum absolute atomic E-state index is 10.6. The molecule has 0 aromatic heterocycles. The number of carboxylic acid groups (broad SMARTS) is 1. The average Bonchev–Trinajstić information content (AvgIpc) is 2.95. The van der Waals surface area contributed by atoms with Crippen molar-refractivity contribution in [2.45, 2.75) is 45.4 Å². The van der Waals surface area contributed by atoms with E-state index < -0.39 is 5.97 Å². The first kappa shape index (κ1) is 14.9. The van der Waals surface area contributed by atoms with Crippen molar-refractivity contribution in [1.82, 2.24) is 0 Å². The van der Waals surface area contributed by atoms with E-state index in [-0.39, 0.29) is 6.42 Å². The van der Waals surface area contributed by atoms with Crippen LogP contribution in [0, 0.1) is 11.8 Å². The van der Waals surface area contributed by atoms with Crippen LogP contribution in [0.25, 0.3) is 0 Å². The number of carboxylic acids is 1. The Kier molecular flexibility index (Phi) is 5.45. The Hall–Kier alpha value is -1.51. The number of aliphatic carboxylic acids is 1. The third-order valence-electron chi connectivity index (χ3n) is 4.47. The van der Waals surface area contributed by atoms with Crippen LogP contribution in [-0.4, -0.2) is 17.6 Å². The van der Waals surface area contributed by atoms with E-state index in [1.807, 2.05) is 24.3 Å². The lowest BCUT2D eigenvalue weighted by atomic mass is 9.88. The molecule has 1 aromatic rings. The highest BCUT2D eigenvalue weighted by atomic mass is 16.4. The summed E-state index contributed by atoms with van der Waals surface area (Å²) < 4.78 is 0. The van der Waals surface area contributed by atoms with Crippen molar-refractivity contribution in [3.8, 4) is 0 Å². The van der Waals surface area contributed by atoms with Gasteiger partial charge >= 0.3 is 5.97 Å². The molecule has 1 aromatic carbocycles. The fraction of sp³-hybridized carbons (Fsp3) is 0.588. The minimum Gasteiger partial charge on any atom is -0.481 e. The van der Waals surface area contributed by atoms with Gasteiger partial charge in [0.25, 0.3) is 0 Å². The van der Waals surface area contributed by atoms with Crippen molar-refractivity contribution in [3.05, 3.63) is 29.8 Å². The van der Waals surface area contributed by atoms with E-state index in [1.165, 1.54) is 32.1 Å². The standard InChI is InChI=1S/C17H25NO2/c1-2-14(15-5-3-4-6-15)12-18-16-9-7-13(8-10-16)11-17(19)20/h7-10,14-15,18H,2-6,11-12H2,1H3,(H,19,20). The first-order valence-electron chi connectivity index (χ1n) is 7.73. The van der Waals surface area contributed by atoms with Crippen molar-refractivity contribution in [2.24, 2.45) is 11.8 Å². The normalized spacial score (nSPS) is 17.1. The lowest BCUT2D eigenvalue weighted by molar-refractivity contribution is -0.136. The van der Waals surface area contributed by atoms with Crippen molar-refractivity contribution in [2.75, 3.05) is 11.9 Å². The first-order chi connectivity index (χ1) is 9.69. The van der Waals surface area contributed by atoms with Gasteiger partial charge in [-0.3, -0.25) is 4.79 Å². The summed E-state index contributed by atoms with van der Waals surface area (Å²) in [5.74, 6) is 0.868. The van der Waals surface area contributed by atoms with Crippen LogP contribution in [0.3, 0.4) is 0 Å². The van der Waals surface area contributed by atoms with Crippen LogP contribution < -0.4 is 5.32 Å². The van der Waals surface area contributed by atoms with Gasteiger partial charge in [-0.05, 0) is 29.5 Å². The fourth-order valence-corrected chi connectivity index (χ4v) is 3.24. The zero-order valence-electron chi connectivity index (χ0n) is 12.3. The molecule has 1 fully saturated rings. The first-order valence-corrected chi connectivity index (χ1v) is 7.73. The minimum absolute atomic E-state index is 0.0972. The fourth-order valence-electron chi connectivity index (χ4n) is 3.24. The summed E-state index contributed by atoms with van der Waals surface area (Å²) in [6.07, 6.45) is 6.89. The molecule has 2 N–H and O–H groups in total. The Morgan fingerprint density at radius 2 is 1.95 bits per heavy atom. The Morgan fingerprint density at radius 1 is 1.30 bits per heavy atom. The predicted octanol–water partition coefficient (Wildman–Crippen LogP) is 3.94. The molecule has 1 unspecified atom stereocenters. The predicted molar refractivity (Wildman–Crippen MR) is 82.0 cm³/mol. The molecule has 0 bridgehead atoms. The van der Waals surface area contributed by atoms with E-state index in [1.54, 1.807) is 0 Å². The van der Waals surface area contributed by atoms with E-state index in [4.69, 9.17) is 5.11 Å². The minimum atomic E-state index is -0.780. The summed E-state index contributed by atoms with van der Waals surface area (Å²) in [5.41, 5.74) is 1.95. The SMILES string of the molecule is CCC(CNc1ccc(CC(=O)O)cc1)C1CCCC1. The topological polar surface area (TPSA) is 49.3 Å². The summed E-state index contributed by atoms with van der Waals surface area (Å²) in [5, 5.41) is 12.3. The molecule has 0 saturated heterocycles. The van der Waals surface area contributed by atoms with Gasteiger partial charge in [0, 0.05) is 12.2 Å². The molecule has 0 amide bonds. The highest BCUT2D eigenvalue weighted by Crippen LogP contribution is 2.33. The Balaban J connectivity index is 1.84. The van der Waals surface area contributed by atoms with E-state index in [9.17, 15) is 4.79 Å². The summed E-state index contributed by atoms with van der Waals surface area (Å²) in [4.78, 5) is 10.6. The summed E-state index contributed by atoms with van der Waals surface area (Å²) >= 11 is 0. The molecular weight excluding hydrogens is 250 g/mol. The highest BCUT2D eigenvalue weighted by molar-refractivity contribution is 5.70. The second-order valence-electron chi connectivity index (χ2n) is 5.86. The zero-order chi connectivity index (χ0) is 14.4. The van der Waals surface area contributed by atoms with E-state index >= 15 is 0 Å². The second kappa shape index (κ2) is 7.32. The van der Waals surface area contributed by atoms with Gasteiger partial charge in [0.2, 0.25) is 0 Å². The van der Waals surface area contributed by atoms with Gasteiger partial charge in [0.05, 0.1) is 6.42 Å². The number of hydrogen-bond donors (Lipinski definition) is 2. The van der Waals surface area contributed by atoms with Crippen LogP contribution in [-0.2, 0) is 11.2 Å². The monoisotopic (exact) mass is 275 g/mol. The molecule has 110 valence electrons. The second-order valence-corrected chi connectivity index (χ2v) is 5.86. The molecule has 1 saturated carbocycles. The molecule has 1 aliphatic carbocycles. The van der Waals surface area contributed by atoms with Gasteiger partial charge in [0.15, 0.2) is 0 Å². The van der Waals surface area contributed by atoms with Crippen molar-refractivity contribution < 1.29 is 9.90 Å². The van der Waals surface area contributed by atoms with Gasteiger partial charge in [-0.2, -0.15) is 0 Å². The van der Waals surface area contributed by atoms with Crippen molar-refractivity contribution in [3.63, 3.8) is 0 Å². The molecule has 3 nitrogen and oxygen atoms in total. The molecular formula is C17H25NO2. The molecule has 2 rings (SSSR count). The zero-order valence-corrected chi connectivity index (χ0v) is 12.3. The van der Waals surface area contributed by atoms with E-state index in [0.717, 1.165) is 29.6 Å². The van der Waals surface area contributed by atoms with Gasteiger partial charge in [0.1, 0.15) is 0 Å². The average molecular weight is 275 g/mol. The maximum Gasteiger partial charge on any atom is 0.307 e. The van der Waals surface area contributed by atoms with Crippen LogP contribution in [0.4, 0.5) is 5.69 Å². The lowest BCUT2D eigenvalue weighted by Gasteiger charge is -2.22. The van der Waals surface area contributed by atoms with Gasteiger partial charge in [-0.15, -0.1) is 0 Å². The van der Waals surface area contributed by atoms with Crippen LogP contribution in [0.15, 0.2) is 24.3 Å². The van der Waals surface area contributed by atoms with Crippen LogP contribution >= 0.6 is 0 Å². The van der Waals surface area contributed by atoms with Crippen LogP contribution in [0.2, 0.25) is 0 Å². The number of rotatable bonds is 7. The number of nitrogens with one attached hydrogen (secondary N) is 1. The smallest absolute Gasteiger partial charge is 0.307 e.